The first-order chi connectivity index (χ1) is 14.0. The number of anilines is 1. The first kappa shape index (κ1) is 23.6. The minimum absolute atomic E-state index is 0.0228. The molecule has 1 aliphatic heterocycles. The van der Waals surface area contributed by atoms with Crippen LogP contribution in [-0.4, -0.2) is 94.6 Å². The van der Waals surface area contributed by atoms with Crippen molar-refractivity contribution >= 4 is 33.5 Å². The minimum atomic E-state index is -3.70. The van der Waals surface area contributed by atoms with Crippen LogP contribution in [0.4, 0.5) is 5.69 Å². The fraction of sp³-hybridized carbons (Fsp3) is 0.526. The van der Waals surface area contributed by atoms with Crippen molar-refractivity contribution in [3.8, 4) is 0 Å². The zero-order chi connectivity index (χ0) is 22.6. The quantitative estimate of drug-likeness (QED) is 0.594. The number of carbonyl (C=O) groups excluding carboxylic acids is 3. The molecule has 0 spiro atoms. The molecule has 2 atom stereocenters. The summed E-state index contributed by atoms with van der Waals surface area (Å²) in [6.07, 6.45) is 1.01. The lowest BCUT2D eigenvalue weighted by atomic mass is 10.1. The predicted molar refractivity (Wildman–Crippen MR) is 112 cm³/mol. The summed E-state index contributed by atoms with van der Waals surface area (Å²) in [6, 6.07) is 4.90. The molecule has 1 aromatic carbocycles. The van der Waals surface area contributed by atoms with E-state index in [9.17, 15) is 22.8 Å². The molecule has 1 saturated heterocycles. The molecule has 0 bridgehead atoms. The minimum Gasteiger partial charge on any atom is -0.467 e. The number of esters is 1. The molecule has 0 saturated carbocycles. The van der Waals surface area contributed by atoms with Crippen LogP contribution in [0.2, 0.25) is 0 Å². The van der Waals surface area contributed by atoms with Crippen molar-refractivity contribution in [1.29, 1.82) is 0 Å². The maximum absolute atomic E-state index is 12.9. The molecule has 2 rings (SSSR count). The Labute approximate surface area is 176 Å². The summed E-state index contributed by atoms with van der Waals surface area (Å²) in [4.78, 5) is 40.6. The number of hydrogen-bond donors (Lipinski definition) is 1. The van der Waals surface area contributed by atoms with E-state index in [1.54, 1.807) is 12.1 Å². The molecular formula is C19H28N4O6S. The van der Waals surface area contributed by atoms with E-state index in [2.05, 4.69) is 10.1 Å². The summed E-state index contributed by atoms with van der Waals surface area (Å²) in [5.41, 5.74) is 1.37. The first-order valence-electron chi connectivity index (χ1n) is 9.37. The maximum atomic E-state index is 12.9. The number of methoxy groups -OCH3 is 1. The van der Waals surface area contributed by atoms with Crippen LogP contribution < -0.4 is 10.2 Å². The third kappa shape index (κ3) is 5.48. The zero-order valence-corrected chi connectivity index (χ0v) is 18.6. The van der Waals surface area contributed by atoms with Crippen molar-refractivity contribution in [3.63, 3.8) is 0 Å². The number of benzene rings is 1. The highest BCUT2D eigenvalue weighted by Gasteiger charge is 2.39. The Morgan fingerprint density at radius 1 is 1.17 bits per heavy atom. The average molecular weight is 441 g/mol. The van der Waals surface area contributed by atoms with Gasteiger partial charge < -0.3 is 19.9 Å². The molecule has 0 aliphatic carbocycles. The van der Waals surface area contributed by atoms with Crippen LogP contribution in [-0.2, 0) is 24.3 Å². The van der Waals surface area contributed by atoms with E-state index in [-0.39, 0.29) is 25.5 Å². The molecule has 1 aliphatic rings. The summed E-state index contributed by atoms with van der Waals surface area (Å²) in [6.45, 7) is 1.44. The maximum Gasteiger partial charge on any atom is 0.328 e. The Morgan fingerprint density at radius 2 is 1.77 bits per heavy atom. The smallest absolute Gasteiger partial charge is 0.328 e. The van der Waals surface area contributed by atoms with E-state index >= 15 is 0 Å². The van der Waals surface area contributed by atoms with Crippen LogP contribution in [0.25, 0.3) is 0 Å². The van der Waals surface area contributed by atoms with Gasteiger partial charge in [-0.1, -0.05) is 0 Å². The fourth-order valence-electron chi connectivity index (χ4n) is 3.19. The lowest BCUT2D eigenvalue weighted by Gasteiger charge is -2.39. The molecule has 1 heterocycles. The largest absolute Gasteiger partial charge is 0.467 e. The van der Waals surface area contributed by atoms with Gasteiger partial charge in [-0.15, -0.1) is 0 Å². The number of nitrogens with one attached hydrogen (secondary N) is 1. The number of nitrogens with zero attached hydrogens (tertiary/aromatic N) is 3. The second-order valence-electron chi connectivity index (χ2n) is 7.34. The molecule has 11 heteroatoms. The molecule has 0 aromatic heterocycles. The van der Waals surface area contributed by atoms with E-state index < -0.39 is 34.0 Å². The van der Waals surface area contributed by atoms with Gasteiger partial charge in [-0.3, -0.25) is 9.59 Å². The normalized spacial score (nSPS) is 18.4. The summed E-state index contributed by atoms with van der Waals surface area (Å²) in [5, 5.41) is 2.46. The third-order valence-corrected chi connectivity index (χ3v) is 6.18. The number of rotatable bonds is 6. The van der Waals surface area contributed by atoms with Crippen LogP contribution >= 0.6 is 0 Å². The summed E-state index contributed by atoms with van der Waals surface area (Å²) >= 11 is 0. The van der Waals surface area contributed by atoms with Gasteiger partial charge in [0.1, 0.15) is 12.1 Å². The first-order valence-corrected chi connectivity index (χ1v) is 11.2. The monoisotopic (exact) mass is 440 g/mol. The van der Waals surface area contributed by atoms with E-state index in [0.717, 1.165) is 16.2 Å². The van der Waals surface area contributed by atoms with E-state index in [0.29, 0.717) is 5.56 Å². The number of sulfonamides is 1. The van der Waals surface area contributed by atoms with Gasteiger partial charge in [-0.2, -0.15) is 4.31 Å². The van der Waals surface area contributed by atoms with Crippen molar-refractivity contribution in [2.45, 2.75) is 19.0 Å². The van der Waals surface area contributed by atoms with Crippen LogP contribution in [0.5, 0.6) is 0 Å². The second-order valence-corrected chi connectivity index (χ2v) is 9.27. The Kier molecular flexibility index (Phi) is 7.43. The van der Waals surface area contributed by atoms with Crippen LogP contribution in [0.1, 0.15) is 17.3 Å². The second kappa shape index (κ2) is 9.43. The molecule has 0 radical (unpaired) electrons. The highest BCUT2D eigenvalue weighted by molar-refractivity contribution is 7.88. The van der Waals surface area contributed by atoms with Crippen molar-refractivity contribution in [2.24, 2.45) is 0 Å². The lowest BCUT2D eigenvalue weighted by molar-refractivity contribution is -0.145. The van der Waals surface area contributed by atoms with Gasteiger partial charge in [-0.05, 0) is 31.2 Å². The lowest BCUT2D eigenvalue weighted by Crippen LogP contribution is -2.62. The summed E-state index contributed by atoms with van der Waals surface area (Å²) in [5.74, 6) is -1.62. The fourth-order valence-corrected chi connectivity index (χ4v) is 4.23. The number of piperazine rings is 1. The molecule has 1 N–H and O–H groups in total. The molecule has 1 fully saturated rings. The van der Waals surface area contributed by atoms with Gasteiger partial charge >= 0.3 is 5.97 Å². The van der Waals surface area contributed by atoms with E-state index in [4.69, 9.17) is 0 Å². The van der Waals surface area contributed by atoms with Crippen LogP contribution in [0.3, 0.4) is 0 Å². The van der Waals surface area contributed by atoms with Crippen molar-refractivity contribution in [2.75, 3.05) is 52.0 Å². The Morgan fingerprint density at radius 3 is 2.27 bits per heavy atom. The van der Waals surface area contributed by atoms with Crippen molar-refractivity contribution in [1.82, 2.24) is 14.5 Å². The van der Waals surface area contributed by atoms with E-state index in [1.165, 1.54) is 18.9 Å². The summed E-state index contributed by atoms with van der Waals surface area (Å²) in [7, 11) is 1.27. The van der Waals surface area contributed by atoms with Crippen molar-refractivity contribution in [3.05, 3.63) is 29.8 Å². The Hall–Kier alpha value is -2.66. The van der Waals surface area contributed by atoms with Gasteiger partial charge in [0.2, 0.25) is 15.9 Å². The molecule has 166 valence electrons. The summed E-state index contributed by atoms with van der Waals surface area (Å²) < 4.78 is 30.0. The van der Waals surface area contributed by atoms with Gasteiger partial charge in [0.05, 0.1) is 13.4 Å². The molecule has 10 nitrogen and oxygen atoms in total. The number of ether oxygens (including phenoxy) is 1. The van der Waals surface area contributed by atoms with Gasteiger partial charge in [0.25, 0.3) is 5.91 Å². The third-order valence-electron chi connectivity index (χ3n) is 4.89. The van der Waals surface area contributed by atoms with Crippen molar-refractivity contribution < 1.29 is 27.5 Å². The van der Waals surface area contributed by atoms with Crippen LogP contribution in [0, 0.1) is 0 Å². The van der Waals surface area contributed by atoms with E-state index in [1.807, 2.05) is 31.1 Å². The Bertz CT molecular complexity index is 900. The molecule has 30 heavy (non-hydrogen) atoms. The van der Waals surface area contributed by atoms with Gasteiger partial charge in [-0.25, -0.2) is 13.2 Å². The molecular weight excluding hydrogens is 412 g/mol. The predicted octanol–water partition coefficient (Wildman–Crippen LogP) is -0.484. The highest BCUT2D eigenvalue weighted by Crippen LogP contribution is 2.19. The zero-order valence-electron chi connectivity index (χ0n) is 17.8. The van der Waals surface area contributed by atoms with Crippen LogP contribution in [0.15, 0.2) is 24.3 Å². The molecule has 2 amide bonds. The molecule has 1 aromatic rings. The number of carbonyl (C=O) groups is 3. The van der Waals surface area contributed by atoms with Gasteiger partial charge in [0.15, 0.2) is 0 Å². The molecule has 0 unspecified atom stereocenters. The topological polar surface area (TPSA) is 116 Å². The Balaban J connectivity index is 2.21. The number of hydrogen-bond acceptors (Lipinski definition) is 7. The standard InChI is InChI=1S/C19H28N4O6S/c1-13(19(26)29-4)20-17(24)16-12-22(10-11-23(16)30(5,27)28)18(25)14-6-8-15(9-7-14)21(2)3/h6-9,13,16H,10-12H2,1-5H3,(H,20,24)/t13-,16-/m1/s1. The van der Waals surface area contributed by atoms with Gasteiger partial charge in [0, 0.05) is 45.0 Å². The average Bonchev–Trinajstić information content (AvgIpc) is 2.71. The SMILES string of the molecule is COC(=O)[C@@H](C)NC(=O)[C@H]1CN(C(=O)c2ccc(N(C)C)cc2)CCN1S(C)(=O)=O. The number of amides is 2. The highest BCUT2D eigenvalue weighted by atomic mass is 32.2.